The van der Waals surface area contributed by atoms with Crippen molar-refractivity contribution in [3.05, 3.63) is 43.8 Å². The van der Waals surface area contributed by atoms with Crippen molar-refractivity contribution >= 4 is 60.3 Å². The third kappa shape index (κ3) is 2.89. The second kappa shape index (κ2) is 6.64. The Morgan fingerprint density at radius 3 is 1.54 bits per heavy atom. The van der Waals surface area contributed by atoms with Gasteiger partial charge in [0.2, 0.25) is 5.78 Å². The van der Waals surface area contributed by atoms with Crippen LogP contribution in [-0.4, -0.2) is 5.78 Å². The van der Waals surface area contributed by atoms with Crippen molar-refractivity contribution < 1.29 is 4.79 Å². The Morgan fingerprint density at radius 2 is 1.17 bits per heavy atom. The first-order valence-corrected chi connectivity index (χ1v) is 12.0. The Balaban J connectivity index is 1.72. The van der Waals surface area contributed by atoms with E-state index >= 15 is 0 Å². The lowest BCUT2D eigenvalue weighted by Gasteiger charge is -2.23. The predicted molar refractivity (Wildman–Crippen MR) is 110 cm³/mol. The van der Waals surface area contributed by atoms with Crippen LogP contribution in [0.25, 0.3) is 0 Å². The van der Waals surface area contributed by atoms with E-state index in [2.05, 4.69) is 54.8 Å². The average Bonchev–Trinajstić information content (AvgIpc) is 3.33. The van der Waals surface area contributed by atoms with E-state index < -0.39 is 0 Å². The van der Waals surface area contributed by atoms with Gasteiger partial charge in [0.05, 0.1) is 18.4 Å². The van der Waals surface area contributed by atoms with E-state index in [1.165, 1.54) is 36.8 Å². The molecule has 0 N–H and O–H groups in total. The Morgan fingerprint density at radius 1 is 0.792 bits per heavy atom. The Kier molecular flexibility index (Phi) is 4.83. The number of carbonyl (C=O) groups excluding carboxylic acids is 1. The van der Waals surface area contributed by atoms with Crippen LogP contribution in [-0.2, 0) is 8.65 Å². The molecule has 0 bridgehead atoms. The van der Waals surface area contributed by atoms with E-state index in [4.69, 9.17) is 0 Å². The van der Waals surface area contributed by atoms with Crippen LogP contribution in [0.5, 0.6) is 0 Å². The lowest BCUT2D eigenvalue weighted by atomic mass is 9.93. The molecule has 4 rings (SSSR count). The zero-order valence-electron chi connectivity index (χ0n) is 13.4. The van der Waals surface area contributed by atoms with Gasteiger partial charge in [0.1, 0.15) is 0 Å². The van der Waals surface area contributed by atoms with Crippen LogP contribution in [0, 0.1) is 0 Å². The van der Waals surface area contributed by atoms with Crippen molar-refractivity contribution in [3.8, 4) is 0 Å². The zero-order chi connectivity index (χ0) is 16.8. The fourth-order valence-corrected chi connectivity index (χ4v) is 8.18. The number of rotatable bonds is 4. The molecule has 0 saturated heterocycles. The van der Waals surface area contributed by atoms with E-state index in [0.717, 1.165) is 35.4 Å². The summed E-state index contributed by atoms with van der Waals surface area (Å²) in [6.45, 7) is 0. The highest BCUT2D eigenvalue weighted by Crippen LogP contribution is 2.51. The molecule has 128 valence electrons. The SMILES string of the molecule is O=C(c1sccc1C1(Br)CCCC1)c1sccc1C1(Br)CCCC1. The molecule has 0 spiro atoms. The average molecular weight is 488 g/mol. The van der Waals surface area contributed by atoms with Gasteiger partial charge in [0.25, 0.3) is 0 Å². The van der Waals surface area contributed by atoms with E-state index in [1.807, 2.05) is 0 Å². The maximum absolute atomic E-state index is 13.4. The van der Waals surface area contributed by atoms with Crippen molar-refractivity contribution in [2.45, 2.75) is 60.0 Å². The number of ketones is 1. The molecule has 0 amide bonds. The summed E-state index contributed by atoms with van der Waals surface area (Å²) in [5, 5.41) is 4.16. The normalized spacial score (nSPS) is 22.1. The zero-order valence-corrected chi connectivity index (χ0v) is 18.3. The molecular weight excluding hydrogens is 468 g/mol. The van der Waals surface area contributed by atoms with Gasteiger partial charge < -0.3 is 0 Å². The van der Waals surface area contributed by atoms with Gasteiger partial charge in [-0.15, -0.1) is 22.7 Å². The van der Waals surface area contributed by atoms with Crippen molar-refractivity contribution in [1.29, 1.82) is 0 Å². The van der Waals surface area contributed by atoms with Crippen LogP contribution in [0.3, 0.4) is 0 Å². The maximum Gasteiger partial charge on any atom is 0.213 e. The molecule has 2 fully saturated rings. The molecular formula is C19H20Br2OS2. The van der Waals surface area contributed by atoms with Gasteiger partial charge in [-0.3, -0.25) is 4.79 Å². The molecule has 2 aliphatic carbocycles. The number of carbonyl (C=O) groups is 1. The summed E-state index contributed by atoms with van der Waals surface area (Å²) in [4.78, 5) is 15.3. The van der Waals surface area contributed by atoms with Crippen LogP contribution >= 0.6 is 54.5 Å². The minimum absolute atomic E-state index is 0.00879. The van der Waals surface area contributed by atoms with Gasteiger partial charge in [-0.1, -0.05) is 57.5 Å². The van der Waals surface area contributed by atoms with Gasteiger partial charge >= 0.3 is 0 Å². The van der Waals surface area contributed by atoms with E-state index in [9.17, 15) is 4.79 Å². The number of alkyl halides is 2. The molecule has 2 aromatic rings. The summed E-state index contributed by atoms with van der Waals surface area (Å²) in [6, 6.07) is 4.31. The fourth-order valence-electron chi connectivity index (χ4n) is 4.19. The predicted octanol–water partition coefficient (Wildman–Crippen LogP) is 7.37. The van der Waals surface area contributed by atoms with E-state index in [0.29, 0.717) is 0 Å². The van der Waals surface area contributed by atoms with Gasteiger partial charge in [-0.05, 0) is 59.7 Å². The molecule has 0 aliphatic heterocycles. The summed E-state index contributed by atoms with van der Waals surface area (Å²) in [5.74, 6) is 0.224. The lowest BCUT2D eigenvalue weighted by Crippen LogP contribution is -2.18. The summed E-state index contributed by atoms with van der Waals surface area (Å²) >= 11 is 11.1. The minimum atomic E-state index is 0.00879. The van der Waals surface area contributed by atoms with Gasteiger partial charge in [0, 0.05) is 0 Å². The quantitative estimate of drug-likeness (QED) is 0.325. The first-order chi connectivity index (χ1) is 11.5. The van der Waals surface area contributed by atoms with Crippen LogP contribution in [0.15, 0.2) is 22.9 Å². The standard InChI is InChI=1S/C19H20Br2OS2/c20-18(7-1-2-8-18)13-5-11-23-16(13)15(22)17-14(6-12-24-17)19(21)9-3-4-10-19/h5-6,11-12H,1-4,7-10H2. The molecule has 5 heteroatoms. The minimum Gasteiger partial charge on any atom is -0.287 e. The molecule has 2 aromatic heterocycles. The molecule has 2 aliphatic rings. The molecule has 0 radical (unpaired) electrons. The van der Waals surface area contributed by atoms with Crippen molar-refractivity contribution in [2.75, 3.05) is 0 Å². The van der Waals surface area contributed by atoms with Gasteiger partial charge in [0.15, 0.2) is 0 Å². The molecule has 24 heavy (non-hydrogen) atoms. The molecule has 0 unspecified atom stereocenters. The summed E-state index contributed by atoms with van der Waals surface area (Å²) in [7, 11) is 0. The second-order valence-electron chi connectivity index (χ2n) is 7.00. The first kappa shape index (κ1) is 17.4. The van der Waals surface area contributed by atoms with Crippen LogP contribution in [0.2, 0.25) is 0 Å². The molecule has 2 heterocycles. The van der Waals surface area contributed by atoms with Crippen LogP contribution in [0.4, 0.5) is 0 Å². The van der Waals surface area contributed by atoms with Crippen LogP contribution in [0.1, 0.15) is 77.0 Å². The Bertz CT molecular complexity index is 687. The lowest BCUT2D eigenvalue weighted by molar-refractivity contribution is 0.104. The highest BCUT2D eigenvalue weighted by molar-refractivity contribution is 9.09. The van der Waals surface area contributed by atoms with Crippen molar-refractivity contribution in [1.82, 2.24) is 0 Å². The Labute approximate surface area is 168 Å². The number of halogens is 2. The third-order valence-corrected chi connectivity index (χ3v) is 9.77. The highest BCUT2D eigenvalue weighted by Gasteiger charge is 2.40. The molecule has 2 saturated carbocycles. The maximum atomic E-state index is 13.4. The molecule has 1 nitrogen and oxygen atoms in total. The van der Waals surface area contributed by atoms with Gasteiger partial charge in [-0.25, -0.2) is 0 Å². The smallest absolute Gasteiger partial charge is 0.213 e. The highest BCUT2D eigenvalue weighted by atomic mass is 79.9. The second-order valence-corrected chi connectivity index (χ2v) is 11.9. The summed E-state index contributed by atoms with van der Waals surface area (Å²) in [5.41, 5.74) is 2.42. The van der Waals surface area contributed by atoms with E-state index in [-0.39, 0.29) is 14.4 Å². The summed E-state index contributed by atoms with van der Waals surface area (Å²) < 4.78 is 0.0176. The molecule has 0 atom stereocenters. The fraction of sp³-hybridized carbons (Fsp3) is 0.526. The Hall–Kier alpha value is 0.0300. The number of hydrogen-bond donors (Lipinski definition) is 0. The number of hydrogen-bond acceptors (Lipinski definition) is 3. The van der Waals surface area contributed by atoms with Gasteiger partial charge in [-0.2, -0.15) is 0 Å². The third-order valence-electron chi connectivity index (χ3n) is 5.50. The van der Waals surface area contributed by atoms with E-state index in [1.54, 1.807) is 22.7 Å². The van der Waals surface area contributed by atoms with Crippen molar-refractivity contribution in [2.24, 2.45) is 0 Å². The first-order valence-electron chi connectivity index (χ1n) is 8.62. The van der Waals surface area contributed by atoms with Crippen LogP contribution < -0.4 is 0 Å². The summed E-state index contributed by atoms with van der Waals surface area (Å²) in [6.07, 6.45) is 9.47. The molecule has 0 aromatic carbocycles. The largest absolute Gasteiger partial charge is 0.287 e. The topological polar surface area (TPSA) is 17.1 Å². The van der Waals surface area contributed by atoms with Crippen molar-refractivity contribution in [3.63, 3.8) is 0 Å². The monoisotopic (exact) mass is 486 g/mol. The number of thiophene rings is 2.